The third kappa shape index (κ3) is 2.86. The molecule has 2 heterocycles. The zero-order valence-electron chi connectivity index (χ0n) is 12.8. The quantitative estimate of drug-likeness (QED) is 0.729. The fourth-order valence-corrected chi connectivity index (χ4v) is 5.31. The molecule has 124 valence electrons. The lowest BCUT2D eigenvalue weighted by Crippen LogP contribution is -2.62. The Morgan fingerprint density at radius 3 is 2.50 bits per heavy atom. The molecule has 0 radical (unpaired) electrons. The number of likely N-dealkylation sites (tertiary alicyclic amines) is 1. The van der Waals surface area contributed by atoms with Crippen LogP contribution in [0.2, 0.25) is 0 Å². The summed E-state index contributed by atoms with van der Waals surface area (Å²) < 4.78 is 26.0. The molecular formula is C14H23N3O4S. The topological polar surface area (TPSA) is 86.8 Å². The minimum atomic E-state index is -3.18. The Bertz CT molecular complexity index is 567. The summed E-state index contributed by atoms with van der Waals surface area (Å²) in [7, 11) is -1.62. The number of rotatable bonds is 5. The van der Waals surface area contributed by atoms with Gasteiger partial charge in [0.25, 0.3) is 0 Å². The van der Waals surface area contributed by atoms with Gasteiger partial charge in [-0.3, -0.25) is 9.59 Å². The Morgan fingerprint density at radius 2 is 1.95 bits per heavy atom. The Hall–Kier alpha value is -1.15. The van der Waals surface area contributed by atoms with Gasteiger partial charge >= 0.3 is 0 Å². The molecule has 1 atom stereocenters. The predicted octanol–water partition coefficient (Wildman–Crippen LogP) is -0.605. The van der Waals surface area contributed by atoms with Gasteiger partial charge in [0.05, 0.1) is 17.7 Å². The van der Waals surface area contributed by atoms with Gasteiger partial charge in [0.1, 0.15) is 0 Å². The first-order valence-corrected chi connectivity index (χ1v) is 9.50. The molecule has 0 aromatic carbocycles. The van der Waals surface area contributed by atoms with Gasteiger partial charge in [0.2, 0.25) is 21.8 Å². The molecule has 1 aliphatic carbocycles. The maximum absolute atomic E-state index is 12.2. The van der Waals surface area contributed by atoms with Crippen molar-refractivity contribution in [3.8, 4) is 0 Å². The monoisotopic (exact) mass is 329 g/mol. The van der Waals surface area contributed by atoms with E-state index in [9.17, 15) is 18.0 Å². The Morgan fingerprint density at radius 1 is 1.27 bits per heavy atom. The average Bonchev–Trinajstić information content (AvgIpc) is 2.73. The lowest BCUT2D eigenvalue weighted by atomic mass is 9.87. The van der Waals surface area contributed by atoms with Crippen molar-refractivity contribution in [1.82, 2.24) is 14.5 Å². The Labute approximate surface area is 131 Å². The molecule has 7 nitrogen and oxygen atoms in total. The summed E-state index contributed by atoms with van der Waals surface area (Å²) in [4.78, 5) is 25.3. The first kappa shape index (κ1) is 15.7. The van der Waals surface area contributed by atoms with Crippen molar-refractivity contribution < 1.29 is 18.0 Å². The molecule has 22 heavy (non-hydrogen) atoms. The van der Waals surface area contributed by atoms with E-state index in [1.807, 2.05) is 0 Å². The summed E-state index contributed by atoms with van der Waals surface area (Å²) in [6.07, 6.45) is 3.38. The van der Waals surface area contributed by atoms with Crippen LogP contribution in [0.15, 0.2) is 0 Å². The molecule has 0 aromatic rings. The molecule has 0 aromatic heterocycles. The maximum atomic E-state index is 12.2. The molecular weight excluding hydrogens is 306 g/mol. The van der Waals surface area contributed by atoms with Crippen molar-refractivity contribution in [2.75, 3.05) is 32.4 Å². The minimum Gasteiger partial charge on any atom is -0.359 e. The third-order valence-electron chi connectivity index (χ3n) is 5.11. The van der Waals surface area contributed by atoms with Crippen LogP contribution in [0.4, 0.5) is 0 Å². The number of carbonyl (C=O) groups excluding carboxylic acids is 2. The molecule has 3 aliphatic rings. The van der Waals surface area contributed by atoms with Gasteiger partial charge in [0.15, 0.2) is 0 Å². The van der Waals surface area contributed by atoms with E-state index in [0.717, 1.165) is 19.3 Å². The summed E-state index contributed by atoms with van der Waals surface area (Å²) in [5.41, 5.74) is 0. The number of nitrogens with zero attached hydrogens (tertiary/aromatic N) is 2. The van der Waals surface area contributed by atoms with Gasteiger partial charge in [-0.1, -0.05) is 6.42 Å². The number of hydrogen-bond acceptors (Lipinski definition) is 4. The third-order valence-corrected chi connectivity index (χ3v) is 7.09. The SMILES string of the molecule is CNC(=O)C1CC(=O)N(C2CN(S(=O)(=O)CC3CCC3)C2)C1. The van der Waals surface area contributed by atoms with Gasteiger partial charge in [0, 0.05) is 33.1 Å². The molecule has 1 saturated carbocycles. The van der Waals surface area contributed by atoms with Gasteiger partial charge in [-0.05, 0) is 18.8 Å². The number of hydrogen-bond donors (Lipinski definition) is 1. The minimum absolute atomic E-state index is 0.0466. The molecule has 2 saturated heterocycles. The standard InChI is InChI=1S/C14H23N3O4S/c1-15-14(19)11-5-13(18)17(6-11)12-7-16(8-12)22(20,21)9-10-3-2-4-10/h10-12H,2-9H2,1H3,(H,15,19). The summed E-state index contributed by atoms with van der Waals surface area (Å²) in [6.45, 7) is 1.15. The normalized spacial score (nSPS) is 27.6. The molecule has 1 unspecified atom stereocenters. The van der Waals surface area contributed by atoms with Crippen molar-refractivity contribution >= 4 is 21.8 Å². The van der Waals surface area contributed by atoms with Crippen molar-refractivity contribution in [3.05, 3.63) is 0 Å². The highest BCUT2D eigenvalue weighted by Crippen LogP contribution is 2.31. The van der Waals surface area contributed by atoms with E-state index >= 15 is 0 Å². The van der Waals surface area contributed by atoms with Crippen molar-refractivity contribution in [1.29, 1.82) is 0 Å². The maximum Gasteiger partial charge on any atom is 0.225 e. The van der Waals surface area contributed by atoms with Crippen LogP contribution in [0.1, 0.15) is 25.7 Å². The average molecular weight is 329 g/mol. The van der Waals surface area contributed by atoms with E-state index in [1.165, 1.54) is 4.31 Å². The first-order chi connectivity index (χ1) is 10.4. The van der Waals surface area contributed by atoms with E-state index in [4.69, 9.17) is 0 Å². The molecule has 8 heteroatoms. The van der Waals surface area contributed by atoms with Crippen LogP contribution in [-0.2, 0) is 19.6 Å². The van der Waals surface area contributed by atoms with Crippen LogP contribution in [0, 0.1) is 11.8 Å². The Kier molecular flexibility index (Phi) is 4.15. The second kappa shape index (κ2) is 5.81. The molecule has 0 bridgehead atoms. The van der Waals surface area contributed by atoms with Crippen LogP contribution in [0.25, 0.3) is 0 Å². The molecule has 2 amide bonds. The van der Waals surface area contributed by atoms with Crippen LogP contribution in [0.3, 0.4) is 0 Å². The van der Waals surface area contributed by atoms with Crippen LogP contribution in [0.5, 0.6) is 0 Å². The molecule has 3 fully saturated rings. The van der Waals surface area contributed by atoms with Gasteiger partial charge < -0.3 is 10.2 Å². The van der Waals surface area contributed by atoms with Crippen LogP contribution in [-0.4, -0.2) is 67.9 Å². The van der Waals surface area contributed by atoms with E-state index < -0.39 is 10.0 Å². The first-order valence-electron chi connectivity index (χ1n) is 7.89. The van der Waals surface area contributed by atoms with E-state index in [0.29, 0.717) is 25.6 Å². The molecule has 0 spiro atoms. The molecule has 1 N–H and O–H groups in total. The van der Waals surface area contributed by atoms with Crippen molar-refractivity contribution in [2.45, 2.75) is 31.7 Å². The van der Waals surface area contributed by atoms with Gasteiger partial charge in [-0.2, -0.15) is 4.31 Å². The van der Waals surface area contributed by atoms with E-state index in [-0.39, 0.29) is 35.9 Å². The van der Waals surface area contributed by atoms with Gasteiger partial charge in [-0.15, -0.1) is 0 Å². The van der Waals surface area contributed by atoms with Crippen molar-refractivity contribution in [2.24, 2.45) is 11.8 Å². The highest BCUT2D eigenvalue weighted by atomic mass is 32.2. The number of sulfonamides is 1. The number of carbonyl (C=O) groups is 2. The predicted molar refractivity (Wildman–Crippen MR) is 80.4 cm³/mol. The fraction of sp³-hybridized carbons (Fsp3) is 0.857. The number of nitrogens with one attached hydrogen (secondary N) is 1. The van der Waals surface area contributed by atoms with E-state index in [2.05, 4.69) is 5.32 Å². The summed E-state index contributed by atoms with van der Waals surface area (Å²) in [5, 5.41) is 2.57. The Balaban J connectivity index is 1.52. The molecule has 2 aliphatic heterocycles. The van der Waals surface area contributed by atoms with Gasteiger partial charge in [-0.25, -0.2) is 8.42 Å². The summed E-state index contributed by atoms with van der Waals surface area (Å²) in [5.74, 6) is 0.0849. The highest BCUT2D eigenvalue weighted by molar-refractivity contribution is 7.89. The van der Waals surface area contributed by atoms with Crippen LogP contribution >= 0.6 is 0 Å². The van der Waals surface area contributed by atoms with E-state index in [1.54, 1.807) is 11.9 Å². The second-order valence-corrected chi connectivity index (χ2v) is 8.62. The smallest absolute Gasteiger partial charge is 0.225 e. The summed E-state index contributed by atoms with van der Waals surface area (Å²) in [6, 6.07) is -0.0710. The highest BCUT2D eigenvalue weighted by Gasteiger charge is 2.45. The largest absolute Gasteiger partial charge is 0.359 e. The zero-order valence-corrected chi connectivity index (χ0v) is 13.6. The fourth-order valence-electron chi connectivity index (χ4n) is 3.37. The summed E-state index contributed by atoms with van der Waals surface area (Å²) >= 11 is 0. The van der Waals surface area contributed by atoms with Crippen LogP contribution < -0.4 is 5.32 Å². The molecule has 3 rings (SSSR count). The zero-order chi connectivity index (χ0) is 15.9. The lowest BCUT2D eigenvalue weighted by Gasteiger charge is -2.43. The number of amides is 2. The lowest BCUT2D eigenvalue weighted by molar-refractivity contribution is -0.132. The van der Waals surface area contributed by atoms with Crippen molar-refractivity contribution in [3.63, 3.8) is 0 Å². The second-order valence-electron chi connectivity index (χ2n) is 6.61.